The number of hydrogen-bond acceptors (Lipinski definition) is 2. The van der Waals surface area contributed by atoms with Crippen molar-refractivity contribution in [2.45, 2.75) is 19.4 Å². The predicted molar refractivity (Wildman–Crippen MR) is 79.1 cm³/mol. The molecule has 5 heteroatoms. The SMILES string of the molecule is C[C@@H]1CN(C(=O)Cc2cccc(Br)c2)CCN1.Cl. The zero-order chi connectivity index (χ0) is 12.3. The number of carbonyl (C=O) groups excluding carboxylic acids is 1. The van der Waals surface area contributed by atoms with Gasteiger partial charge in [-0.25, -0.2) is 0 Å². The van der Waals surface area contributed by atoms with Gasteiger partial charge in [0.2, 0.25) is 5.91 Å². The molecule has 1 amide bonds. The first-order valence-electron chi connectivity index (χ1n) is 5.91. The minimum Gasteiger partial charge on any atom is -0.340 e. The highest BCUT2D eigenvalue weighted by Gasteiger charge is 2.20. The second kappa shape index (κ2) is 7.12. The maximum atomic E-state index is 12.1. The van der Waals surface area contributed by atoms with Crippen LogP contribution in [0.3, 0.4) is 0 Å². The quantitative estimate of drug-likeness (QED) is 0.900. The molecule has 18 heavy (non-hydrogen) atoms. The van der Waals surface area contributed by atoms with E-state index in [1.54, 1.807) is 0 Å². The number of nitrogens with zero attached hydrogens (tertiary/aromatic N) is 1. The van der Waals surface area contributed by atoms with Crippen molar-refractivity contribution in [1.82, 2.24) is 10.2 Å². The number of hydrogen-bond donors (Lipinski definition) is 1. The Kier molecular flexibility index (Phi) is 6.12. The van der Waals surface area contributed by atoms with Gasteiger partial charge in [-0.05, 0) is 24.6 Å². The molecule has 0 spiro atoms. The number of rotatable bonds is 2. The minimum atomic E-state index is 0. The molecule has 0 radical (unpaired) electrons. The van der Waals surface area contributed by atoms with E-state index in [1.807, 2.05) is 29.2 Å². The molecule has 0 saturated carbocycles. The highest BCUT2D eigenvalue weighted by atomic mass is 79.9. The molecule has 1 aliphatic heterocycles. The zero-order valence-corrected chi connectivity index (χ0v) is 12.8. The molecule has 0 bridgehead atoms. The van der Waals surface area contributed by atoms with Gasteiger partial charge < -0.3 is 10.2 Å². The molecule has 3 nitrogen and oxygen atoms in total. The molecule has 1 aromatic carbocycles. The first-order chi connectivity index (χ1) is 8.15. The fourth-order valence-electron chi connectivity index (χ4n) is 2.09. The van der Waals surface area contributed by atoms with Crippen LogP contribution < -0.4 is 5.32 Å². The molecule has 0 aliphatic carbocycles. The van der Waals surface area contributed by atoms with Crippen LogP contribution in [0.2, 0.25) is 0 Å². The van der Waals surface area contributed by atoms with Gasteiger partial charge in [0.15, 0.2) is 0 Å². The van der Waals surface area contributed by atoms with E-state index in [9.17, 15) is 4.79 Å². The van der Waals surface area contributed by atoms with E-state index in [4.69, 9.17) is 0 Å². The smallest absolute Gasteiger partial charge is 0.227 e. The lowest BCUT2D eigenvalue weighted by Gasteiger charge is -2.32. The van der Waals surface area contributed by atoms with Gasteiger partial charge in [-0.3, -0.25) is 4.79 Å². The predicted octanol–water partition coefficient (Wildman–Crippen LogP) is 2.23. The van der Waals surface area contributed by atoms with Crippen molar-refractivity contribution in [3.05, 3.63) is 34.3 Å². The lowest BCUT2D eigenvalue weighted by molar-refractivity contribution is -0.131. The molecule has 1 aromatic rings. The minimum absolute atomic E-state index is 0. The first-order valence-corrected chi connectivity index (χ1v) is 6.70. The van der Waals surface area contributed by atoms with Gasteiger partial charge in [0.1, 0.15) is 0 Å². The summed E-state index contributed by atoms with van der Waals surface area (Å²) in [5.74, 6) is 0.219. The molecule has 1 N–H and O–H groups in total. The highest BCUT2D eigenvalue weighted by molar-refractivity contribution is 9.10. The number of piperazine rings is 1. The van der Waals surface area contributed by atoms with Crippen molar-refractivity contribution in [2.24, 2.45) is 0 Å². The Morgan fingerprint density at radius 3 is 3.00 bits per heavy atom. The Labute approximate surface area is 122 Å². The second-order valence-electron chi connectivity index (χ2n) is 4.50. The van der Waals surface area contributed by atoms with Crippen LogP contribution in [0.5, 0.6) is 0 Å². The molecule has 1 aliphatic rings. The van der Waals surface area contributed by atoms with Gasteiger partial charge in [0.05, 0.1) is 6.42 Å². The van der Waals surface area contributed by atoms with Gasteiger partial charge in [0, 0.05) is 30.1 Å². The van der Waals surface area contributed by atoms with Gasteiger partial charge >= 0.3 is 0 Å². The topological polar surface area (TPSA) is 32.3 Å². The number of amides is 1. The third kappa shape index (κ3) is 4.26. The van der Waals surface area contributed by atoms with Crippen LogP contribution in [0.25, 0.3) is 0 Å². The molecule has 0 unspecified atom stereocenters. The standard InChI is InChI=1S/C13H17BrN2O.ClH/c1-10-9-16(6-5-15-10)13(17)8-11-3-2-4-12(14)7-11;/h2-4,7,10,15H,5-6,8-9H2,1H3;1H/t10-;/m1./s1. The van der Waals surface area contributed by atoms with Crippen LogP contribution in [0.4, 0.5) is 0 Å². The highest BCUT2D eigenvalue weighted by Crippen LogP contribution is 2.13. The number of carbonyl (C=O) groups is 1. The maximum Gasteiger partial charge on any atom is 0.227 e. The Hall–Kier alpha value is -0.580. The van der Waals surface area contributed by atoms with Gasteiger partial charge in [-0.15, -0.1) is 12.4 Å². The molecule has 1 atom stereocenters. The van der Waals surface area contributed by atoms with Crippen LogP contribution in [-0.2, 0) is 11.2 Å². The van der Waals surface area contributed by atoms with E-state index in [0.29, 0.717) is 12.5 Å². The van der Waals surface area contributed by atoms with Crippen LogP contribution in [0.1, 0.15) is 12.5 Å². The number of benzene rings is 1. The largest absolute Gasteiger partial charge is 0.340 e. The summed E-state index contributed by atoms with van der Waals surface area (Å²) in [5.41, 5.74) is 1.07. The Morgan fingerprint density at radius 2 is 2.33 bits per heavy atom. The van der Waals surface area contributed by atoms with E-state index >= 15 is 0 Å². The third-order valence-electron chi connectivity index (χ3n) is 2.97. The summed E-state index contributed by atoms with van der Waals surface area (Å²) in [4.78, 5) is 14.1. The van der Waals surface area contributed by atoms with Crippen molar-refractivity contribution in [3.63, 3.8) is 0 Å². The molecule has 1 heterocycles. The van der Waals surface area contributed by atoms with E-state index in [1.165, 1.54) is 0 Å². The van der Waals surface area contributed by atoms with Gasteiger partial charge in [-0.1, -0.05) is 28.1 Å². The molecular formula is C13H18BrClN2O. The number of halogens is 2. The average molecular weight is 334 g/mol. The summed E-state index contributed by atoms with van der Waals surface area (Å²) in [6, 6.07) is 8.33. The van der Waals surface area contributed by atoms with E-state index in [0.717, 1.165) is 29.7 Å². The van der Waals surface area contributed by atoms with Crippen LogP contribution in [-0.4, -0.2) is 36.5 Å². The Balaban J connectivity index is 0.00000162. The lowest BCUT2D eigenvalue weighted by Crippen LogP contribution is -2.51. The fraction of sp³-hybridized carbons (Fsp3) is 0.462. The van der Waals surface area contributed by atoms with Crippen molar-refractivity contribution in [1.29, 1.82) is 0 Å². The van der Waals surface area contributed by atoms with Gasteiger partial charge in [0.25, 0.3) is 0 Å². The summed E-state index contributed by atoms with van der Waals surface area (Å²) in [6.45, 7) is 4.63. The monoisotopic (exact) mass is 332 g/mol. The summed E-state index contributed by atoms with van der Waals surface area (Å²) in [7, 11) is 0. The molecular weight excluding hydrogens is 316 g/mol. The molecule has 2 rings (SSSR count). The fourth-order valence-corrected chi connectivity index (χ4v) is 2.54. The van der Waals surface area contributed by atoms with Gasteiger partial charge in [-0.2, -0.15) is 0 Å². The molecule has 100 valence electrons. The van der Waals surface area contributed by atoms with Crippen molar-refractivity contribution < 1.29 is 4.79 Å². The maximum absolute atomic E-state index is 12.1. The van der Waals surface area contributed by atoms with E-state index in [2.05, 4.69) is 28.2 Å². The third-order valence-corrected chi connectivity index (χ3v) is 3.46. The van der Waals surface area contributed by atoms with Crippen molar-refractivity contribution >= 4 is 34.2 Å². The van der Waals surface area contributed by atoms with Crippen LogP contribution >= 0.6 is 28.3 Å². The average Bonchev–Trinajstić information content (AvgIpc) is 2.29. The molecule has 0 aromatic heterocycles. The van der Waals surface area contributed by atoms with Crippen molar-refractivity contribution in [3.8, 4) is 0 Å². The summed E-state index contributed by atoms with van der Waals surface area (Å²) in [5, 5.41) is 3.34. The number of nitrogens with one attached hydrogen (secondary N) is 1. The Morgan fingerprint density at radius 1 is 1.56 bits per heavy atom. The van der Waals surface area contributed by atoms with E-state index in [-0.39, 0.29) is 18.3 Å². The normalized spacial score (nSPS) is 19.2. The second-order valence-corrected chi connectivity index (χ2v) is 5.42. The first kappa shape index (κ1) is 15.5. The summed E-state index contributed by atoms with van der Waals surface area (Å²) < 4.78 is 1.02. The van der Waals surface area contributed by atoms with Crippen LogP contribution in [0.15, 0.2) is 28.7 Å². The molecule has 1 saturated heterocycles. The van der Waals surface area contributed by atoms with Crippen molar-refractivity contribution in [2.75, 3.05) is 19.6 Å². The lowest BCUT2D eigenvalue weighted by atomic mass is 10.1. The zero-order valence-electron chi connectivity index (χ0n) is 10.4. The summed E-state index contributed by atoms with van der Waals surface area (Å²) >= 11 is 3.42. The van der Waals surface area contributed by atoms with E-state index < -0.39 is 0 Å². The Bertz CT molecular complexity index is 414. The molecule has 1 fully saturated rings. The summed E-state index contributed by atoms with van der Waals surface area (Å²) in [6.07, 6.45) is 0.492. The van der Waals surface area contributed by atoms with Crippen LogP contribution in [0, 0.1) is 0 Å².